The Hall–Kier alpha value is -4.14. The van der Waals surface area contributed by atoms with Crippen molar-refractivity contribution in [1.82, 2.24) is 9.80 Å². The molecule has 42 heavy (non-hydrogen) atoms. The van der Waals surface area contributed by atoms with Gasteiger partial charge >= 0.3 is 0 Å². The monoisotopic (exact) mass is 570 g/mol. The summed E-state index contributed by atoms with van der Waals surface area (Å²) >= 11 is 0. The Bertz CT molecular complexity index is 1410. The van der Waals surface area contributed by atoms with Crippen molar-refractivity contribution in [2.24, 2.45) is 0 Å². The van der Waals surface area contributed by atoms with E-state index in [1.54, 1.807) is 17.0 Å². The van der Waals surface area contributed by atoms with Gasteiger partial charge in [-0.05, 0) is 60.4 Å². The van der Waals surface area contributed by atoms with Gasteiger partial charge in [-0.2, -0.15) is 0 Å². The van der Waals surface area contributed by atoms with Crippen molar-refractivity contribution in [3.8, 4) is 11.5 Å². The normalized spacial score (nSPS) is 18.8. The van der Waals surface area contributed by atoms with E-state index in [1.807, 2.05) is 74.5 Å². The highest BCUT2D eigenvalue weighted by molar-refractivity contribution is 6.46. The lowest BCUT2D eigenvalue weighted by atomic mass is 9.94. The molecule has 2 heterocycles. The van der Waals surface area contributed by atoms with Crippen LogP contribution in [0.15, 0.2) is 78.4 Å². The predicted molar refractivity (Wildman–Crippen MR) is 160 cm³/mol. The molecule has 0 aromatic heterocycles. The zero-order valence-corrected chi connectivity index (χ0v) is 24.3. The van der Waals surface area contributed by atoms with E-state index < -0.39 is 17.7 Å². The first-order valence-corrected chi connectivity index (χ1v) is 14.5. The second-order valence-corrected chi connectivity index (χ2v) is 10.6. The number of likely N-dealkylation sites (tertiary alicyclic amines) is 1. The van der Waals surface area contributed by atoms with E-state index in [-0.39, 0.29) is 11.3 Å². The number of amides is 1. The van der Waals surface area contributed by atoms with Crippen molar-refractivity contribution in [3.63, 3.8) is 0 Å². The van der Waals surface area contributed by atoms with Crippen LogP contribution in [0.25, 0.3) is 5.76 Å². The number of rotatable bonds is 11. The van der Waals surface area contributed by atoms with E-state index in [9.17, 15) is 14.7 Å². The minimum absolute atomic E-state index is 0.0882. The first-order chi connectivity index (χ1) is 20.5. The van der Waals surface area contributed by atoms with Gasteiger partial charge in [0, 0.05) is 31.7 Å². The molecule has 2 fully saturated rings. The third kappa shape index (κ3) is 6.66. The van der Waals surface area contributed by atoms with E-state index in [1.165, 1.54) is 0 Å². The fourth-order valence-corrected chi connectivity index (χ4v) is 5.38. The molecule has 0 spiro atoms. The smallest absolute Gasteiger partial charge is 0.295 e. The van der Waals surface area contributed by atoms with E-state index in [4.69, 9.17) is 14.2 Å². The standard InChI is InChI=1S/C34H38N2O6/c1-3-19-41-28-13-14-29(24(2)22-28)32(37)30-31(36(34(39)33(30)38)16-15-35-17-20-40-21-18-35)26-9-11-27(12-10-26)42-23-25-7-5-4-6-8-25/h4-14,22,31,37H,3,15-21,23H2,1-2H3/b32-30+. The lowest BCUT2D eigenvalue weighted by Gasteiger charge is -2.31. The molecule has 0 radical (unpaired) electrons. The maximum atomic E-state index is 13.5. The van der Waals surface area contributed by atoms with Gasteiger partial charge in [-0.25, -0.2) is 0 Å². The number of benzene rings is 3. The van der Waals surface area contributed by atoms with Crippen LogP contribution in [-0.2, 0) is 20.9 Å². The summed E-state index contributed by atoms with van der Waals surface area (Å²) in [6, 6.07) is 21.9. The Morgan fingerprint density at radius 3 is 2.33 bits per heavy atom. The van der Waals surface area contributed by atoms with Crippen molar-refractivity contribution in [2.75, 3.05) is 46.0 Å². The molecule has 3 aromatic carbocycles. The Kier molecular flexibility index (Phi) is 9.56. The zero-order valence-electron chi connectivity index (χ0n) is 24.3. The van der Waals surface area contributed by atoms with Crippen LogP contribution in [-0.4, -0.2) is 72.6 Å². The van der Waals surface area contributed by atoms with E-state index in [2.05, 4.69) is 4.90 Å². The van der Waals surface area contributed by atoms with Crippen LogP contribution in [0.3, 0.4) is 0 Å². The van der Waals surface area contributed by atoms with E-state index in [0.717, 1.165) is 36.2 Å². The largest absolute Gasteiger partial charge is 0.507 e. The van der Waals surface area contributed by atoms with Crippen LogP contribution >= 0.6 is 0 Å². The summed E-state index contributed by atoms with van der Waals surface area (Å²) in [5.74, 6) is -0.114. The quantitative estimate of drug-likeness (QED) is 0.195. The molecular weight excluding hydrogens is 532 g/mol. The van der Waals surface area contributed by atoms with Crippen molar-refractivity contribution < 1.29 is 28.9 Å². The Morgan fingerprint density at radius 1 is 0.929 bits per heavy atom. The number of aliphatic hydroxyl groups excluding tert-OH is 1. The zero-order chi connectivity index (χ0) is 29.5. The molecule has 2 saturated heterocycles. The average molecular weight is 571 g/mol. The summed E-state index contributed by atoms with van der Waals surface area (Å²) in [6.45, 7) is 8.69. The van der Waals surface area contributed by atoms with Gasteiger partial charge in [-0.15, -0.1) is 0 Å². The molecular formula is C34H38N2O6. The summed E-state index contributed by atoms with van der Waals surface area (Å²) in [7, 11) is 0. The first-order valence-electron chi connectivity index (χ1n) is 14.5. The molecule has 0 aliphatic carbocycles. The van der Waals surface area contributed by atoms with Crippen LogP contribution in [0.4, 0.5) is 0 Å². The summed E-state index contributed by atoms with van der Waals surface area (Å²) in [5.41, 5.74) is 3.12. The minimum Gasteiger partial charge on any atom is -0.507 e. The molecule has 1 N–H and O–H groups in total. The van der Waals surface area contributed by atoms with Gasteiger partial charge in [0.15, 0.2) is 0 Å². The second kappa shape index (κ2) is 13.7. The summed E-state index contributed by atoms with van der Waals surface area (Å²) in [6.07, 6.45) is 0.880. The molecule has 1 atom stereocenters. The molecule has 0 saturated carbocycles. The number of hydrogen-bond acceptors (Lipinski definition) is 7. The highest BCUT2D eigenvalue weighted by Gasteiger charge is 2.46. The number of carbonyl (C=O) groups is 2. The fourth-order valence-electron chi connectivity index (χ4n) is 5.38. The average Bonchev–Trinajstić information content (AvgIpc) is 3.28. The summed E-state index contributed by atoms with van der Waals surface area (Å²) < 4.78 is 17.2. The summed E-state index contributed by atoms with van der Waals surface area (Å²) in [5, 5.41) is 11.6. The molecule has 220 valence electrons. The van der Waals surface area contributed by atoms with Crippen LogP contribution in [0, 0.1) is 6.92 Å². The van der Waals surface area contributed by atoms with Gasteiger partial charge in [0.05, 0.1) is 31.4 Å². The highest BCUT2D eigenvalue weighted by Crippen LogP contribution is 2.40. The number of Topliss-reactive ketones (excluding diaryl/α,β-unsaturated/α-hetero) is 1. The molecule has 1 unspecified atom stereocenters. The number of carbonyl (C=O) groups excluding carboxylic acids is 2. The van der Waals surface area contributed by atoms with Crippen LogP contribution in [0.2, 0.25) is 0 Å². The van der Waals surface area contributed by atoms with Gasteiger partial charge in [0.1, 0.15) is 23.9 Å². The molecule has 0 bridgehead atoms. The topological polar surface area (TPSA) is 88.5 Å². The maximum Gasteiger partial charge on any atom is 0.295 e. The number of aryl methyl sites for hydroxylation is 1. The molecule has 8 heteroatoms. The molecule has 8 nitrogen and oxygen atoms in total. The van der Waals surface area contributed by atoms with Gasteiger partial charge in [0.25, 0.3) is 11.7 Å². The Balaban J connectivity index is 1.46. The van der Waals surface area contributed by atoms with Crippen molar-refractivity contribution >= 4 is 17.4 Å². The second-order valence-electron chi connectivity index (χ2n) is 10.6. The van der Waals surface area contributed by atoms with Gasteiger partial charge in [-0.3, -0.25) is 14.5 Å². The van der Waals surface area contributed by atoms with Gasteiger partial charge in [-0.1, -0.05) is 49.4 Å². The number of ether oxygens (including phenoxy) is 3. The van der Waals surface area contributed by atoms with Gasteiger partial charge < -0.3 is 24.2 Å². The third-order valence-corrected chi connectivity index (χ3v) is 7.67. The fraction of sp³-hybridized carbons (Fsp3) is 0.353. The number of aliphatic hydroxyl groups is 1. The first kappa shape index (κ1) is 29.4. The molecule has 2 aliphatic rings. The van der Waals surface area contributed by atoms with Gasteiger partial charge in [0.2, 0.25) is 0 Å². The highest BCUT2D eigenvalue weighted by atomic mass is 16.5. The Morgan fingerprint density at radius 2 is 1.64 bits per heavy atom. The number of nitrogens with zero attached hydrogens (tertiary/aromatic N) is 2. The SMILES string of the molecule is CCCOc1ccc(/C(O)=C2\C(=O)C(=O)N(CCN3CCOCC3)C2c2ccc(OCc3ccccc3)cc2)c(C)c1. The maximum absolute atomic E-state index is 13.5. The van der Waals surface area contributed by atoms with Crippen molar-refractivity contribution in [1.29, 1.82) is 0 Å². The van der Waals surface area contributed by atoms with Crippen molar-refractivity contribution in [2.45, 2.75) is 32.9 Å². The lowest BCUT2D eigenvalue weighted by molar-refractivity contribution is -0.140. The molecule has 1 amide bonds. The van der Waals surface area contributed by atoms with Crippen molar-refractivity contribution in [3.05, 3.63) is 101 Å². The molecule has 5 rings (SSSR count). The predicted octanol–water partition coefficient (Wildman–Crippen LogP) is 5.12. The van der Waals surface area contributed by atoms with Crippen LogP contribution in [0.1, 0.15) is 41.6 Å². The molecule has 2 aliphatic heterocycles. The van der Waals surface area contributed by atoms with Crippen LogP contribution < -0.4 is 9.47 Å². The lowest BCUT2D eigenvalue weighted by Crippen LogP contribution is -2.42. The summed E-state index contributed by atoms with van der Waals surface area (Å²) in [4.78, 5) is 30.8. The van der Waals surface area contributed by atoms with Crippen LogP contribution in [0.5, 0.6) is 11.5 Å². The number of ketones is 1. The number of morpholine rings is 1. The van der Waals surface area contributed by atoms with E-state index in [0.29, 0.717) is 56.6 Å². The third-order valence-electron chi connectivity index (χ3n) is 7.67. The number of hydrogen-bond donors (Lipinski definition) is 1. The Labute approximate surface area is 247 Å². The van der Waals surface area contributed by atoms with E-state index >= 15 is 0 Å². The molecule has 3 aromatic rings. The minimum atomic E-state index is -0.732.